The average Bonchev–Trinajstić information content (AvgIpc) is 3.06. The van der Waals surface area contributed by atoms with Gasteiger partial charge >= 0.3 is 0 Å². The Labute approximate surface area is 216 Å². The molecule has 2 aromatic carbocycles. The molecule has 2 aromatic heterocycles. The van der Waals surface area contributed by atoms with Crippen LogP contribution in [-0.4, -0.2) is 33.6 Å². The summed E-state index contributed by atoms with van der Waals surface area (Å²) in [5, 5.41) is 4.16. The number of ether oxygens (including phenoxy) is 1. The van der Waals surface area contributed by atoms with Crippen molar-refractivity contribution in [1.82, 2.24) is 19.9 Å². The molecule has 186 valence electrons. The van der Waals surface area contributed by atoms with Crippen molar-refractivity contribution >= 4 is 28.8 Å². The summed E-state index contributed by atoms with van der Waals surface area (Å²) >= 11 is 1.68. The number of methoxy groups -OCH3 is 1. The lowest BCUT2D eigenvalue weighted by molar-refractivity contribution is 0.0933. The Balaban J connectivity index is 1.26. The molecule has 1 saturated carbocycles. The topological polar surface area (TPSA) is 69.0 Å². The summed E-state index contributed by atoms with van der Waals surface area (Å²) in [4.78, 5) is 22.2. The summed E-state index contributed by atoms with van der Waals surface area (Å²) in [6, 6.07) is 20.3. The molecular weight excluding hydrogens is 468 g/mol. The maximum Gasteiger partial charge on any atom is 0.251 e. The van der Waals surface area contributed by atoms with Gasteiger partial charge in [-0.25, -0.2) is 9.97 Å². The minimum Gasteiger partial charge on any atom is -0.497 e. The Bertz CT molecular complexity index is 1290. The molecule has 1 aliphatic rings. The van der Waals surface area contributed by atoms with Gasteiger partial charge in [0, 0.05) is 23.6 Å². The quantitative estimate of drug-likeness (QED) is 0.229. The summed E-state index contributed by atoms with van der Waals surface area (Å²) in [7, 11) is 1.67. The molecule has 4 aromatic rings. The Hall–Kier alpha value is -3.32. The van der Waals surface area contributed by atoms with Crippen LogP contribution in [0.15, 0.2) is 72.0 Å². The molecule has 1 fully saturated rings. The van der Waals surface area contributed by atoms with E-state index in [4.69, 9.17) is 9.72 Å². The minimum atomic E-state index is 0.0356. The van der Waals surface area contributed by atoms with Crippen molar-refractivity contribution in [1.29, 1.82) is 0 Å². The van der Waals surface area contributed by atoms with Gasteiger partial charge in [-0.3, -0.25) is 9.36 Å². The number of amides is 1. The standard InChI is InChI=1S/C29H32N4O2S/c1-35-25-16-12-21(13-17-25)19-33-27-26(9-6-18-30-27)32-29(33)36-20-22-10-14-23(15-11-22)28(34)31-24-7-4-2-3-5-8-24/h6,9-18,24H,2-5,7-8,19-20H2,1H3,(H,31,34). The second-order valence-electron chi connectivity index (χ2n) is 9.32. The smallest absolute Gasteiger partial charge is 0.251 e. The van der Waals surface area contributed by atoms with Gasteiger partial charge in [-0.1, -0.05) is 61.7 Å². The van der Waals surface area contributed by atoms with Crippen molar-refractivity contribution in [3.05, 3.63) is 83.6 Å². The minimum absolute atomic E-state index is 0.0356. The van der Waals surface area contributed by atoms with E-state index in [-0.39, 0.29) is 5.91 Å². The van der Waals surface area contributed by atoms with Crippen molar-refractivity contribution in [2.75, 3.05) is 7.11 Å². The summed E-state index contributed by atoms with van der Waals surface area (Å²) < 4.78 is 7.45. The van der Waals surface area contributed by atoms with E-state index < -0.39 is 0 Å². The first kappa shape index (κ1) is 24.4. The monoisotopic (exact) mass is 500 g/mol. The number of rotatable bonds is 8. The van der Waals surface area contributed by atoms with Crippen LogP contribution in [-0.2, 0) is 12.3 Å². The molecule has 1 amide bonds. The molecule has 0 saturated heterocycles. The first-order chi connectivity index (χ1) is 17.7. The van der Waals surface area contributed by atoms with Gasteiger partial charge in [-0.05, 0) is 60.4 Å². The molecule has 0 unspecified atom stereocenters. The van der Waals surface area contributed by atoms with Crippen LogP contribution in [0.5, 0.6) is 5.75 Å². The molecule has 7 heteroatoms. The second kappa shape index (κ2) is 11.6. The number of fused-ring (bicyclic) bond motifs is 1. The molecule has 1 aliphatic carbocycles. The summed E-state index contributed by atoms with van der Waals surface area (Å²) in [5.74, 6) is 1.64. The molecule has 6 nitrogen and oxygen atoms in total. The zero-order chi connectivity index (χ0) is 24.7. The summed E-state index contributed by atoms with van der Waals surface area (Å²) in [6.45, 7) is 0.681. The zero-order valence-corrected chi connectivity index (χ0v) is 21.5. The molecule has 0 aliphatic heterocycles. The zero-order valence-electron chi connectivity index (χ0n) is 20.7. The Morgan fingerprint density at radius 3 is 2.44 bits per heavy atom. The highest BCUT2D eigenvalue weighted by Gasteiger charge is 2.16. The molecule has 0 atom stereocenters. The summed E-state index contributed by atoms with van der Waals surface area (Å²) in [6.07, 6.45) is 8.96. The fourth-order valence-corrected chi connectivity index (χ4v) is 5.65. The molecule has 1 N–H and O–H groups in total. The first-order valence-electron chi connectivity index (χ1n) is 12.7. The van der Waals surface area contributed by atoms with Crippen LogP contribution in [0.4, 0.5) is 0 Å². The van der Waals surface area contributed by atoms with Crippen LogP contribution in [0.25, 0.3) is 11.2 Å². The van der Waals surface area contributed by atoms with E-state index in [1.807, 2.05) is 54.7 Å². The third-order valence-corrected chi connectivity index (χ3v) is 7.79. The van der Waals surface area contributed by atoms with Crippen molar-refractivity contribution in [3.63, 3.8) is 0 Å². The lowest BCUT2D eigenvalue weighted by Crippen LogP contribution is -2.34. The molecule has 0 radical (unpaired) electrons. The number of pyridine rings is 1. The lowest BCUT2D eigenvalue weighted by Gasteiger charge is -2.16. The number of nitrogens with one attached hydrogen (secondary N) is 1. The van der Waals surface area contributed by atoms with Gasteiger partial charge in [0.25, 0.3) is 5.91 Å². The Kier molecular flexibility index (Phi) is 7.86. The lowest BCUT2D eigenvalue weighted by atomic mass is 10.1. The van der Waals surface area contributed by atoms with Gasteiger partial charge in [-0.15, -0.1) is 0 Å². The number of nitrogens with zero attached hydrogens (tertiary/aromatic N) is 3. The third-order valence-electron chi connectivity index (χ3n) is 6.74. The van der Waals surface area contributed by atoms with E-state index in [0.29, 0.717) is 12.6 Å². The molecule has 36 heavy (non-hydrogen) atoms. The largest absolute Gasteiger partial charge is 0.497 e. The van der Waals surface area contributed by atoms with Crippen molar-refractivity contribution in [2.45, 2.75) is 62.0 Å². The maximum absolute atomic E-state index is 12.7. The van der Waals surface area contributed by atoms with E-state index in [2.05, 4.69) is 27.0 Å². The number of imidazole rings is 1. The predicted octanol–water partition coefficient (Wildman–Crippen LogP) is 6.23. The fourth-order valence-electron chi connectivity index (χ4n) is 4.70. The van der Waals surface area contributed by atoms with E-state index in [0.717, 1.165) is 57.4 Å². The molecule has 0 bridgehead atoms. The van der Waals surface area contributed by atoms with Gasteiger partial charge in [0.15, 0.2) is 10.8 Å². The Morgan fingerprint density at radius 1 is 1.00 bits per heavy atom. The van der Waals surface area contributed by atoms with Crippen LogP contribution in [0.3, 0.4) is 0 Å². The van der Waals surface area contributed by atoms with E-state index in [9.17, 15) is 4.79 Å². The number of aromatic nitrogens is 3. The molecule has 5 rings (SSSR count). The van der Waals surface area contributed by atoms with Crippen LogP contribution in [0.1, 0.15) is 60.0 Å². The van der Waals surface area contributed by atoms with Crippen molar-refractivity contribution < 1.29 is 9.53 Å². The number of carbonyl (C=O) groups excluding carboxylic acids is 1. The number of hydrogen-bond donors (Lipinski definition) is 1. The maximum atomic E-state index is 12.7. The van der Waals surface area contributed by atoms with E-state index >= 15 is 0 Å². The van der Waals surface area contributed by atoms with Gasteiger partial charge in [0.1, 0.15) is 11.3 Å². The Morgan fingerprint density at radius 2 is 1.72 bits per heavy atom. The first-order valence-corrected chi connectivity index (χ1v) is 13.6. The van der Waals surface area contributed by atoms with E-state index in [1.54, 1.807) is 18.9 Å². The van der Waals surface area contributed by atoms with Gasteiger partial charge in [-0.2, -0.15) is 0 Å². The average molecular weight is 501 g/mol. The highest BCUT2D eigenvalue weighted by molar-refractivity contribution is 7.98. The van der Waals surface area contributed by atoms with Gasteiger partial charge in [0.2, 0.25) is 0 Å². The fraction of sp³-hybridized carbons (Fsp3) is 0.345. The normalized spacial score (nSPS) is 14.5. The highest BCUT2D eigenvalue weighted by Crippen LogP contribution is 2.27. The van der Waals surface area contributed by atoms with Crippen LogP contribution >= 0.6 is 11.8 Å². The van der Waals surface area contributed by atoms with E-state index in [1.165, 1.54) is 25.7 Å². The third kappa shape index (κ3) is 5.90. The number of hydrogen-bond acceptors (Lipinski definition) is 5. The predicted molar refractivity (Wildman–Crippen MR) is 145 cm³/mol. The van der Waals surface area contributed by atoms with Gasteiger partial charge < -0.3 is 10.1 Å². The number of thioether (sulfide) groups is 1. The second-order valence-corrected chi connectivity index (χ2v) is 10.3. The SMILES string of the molecule is COc1ccc(Cn2c(SCc3ccc(C(=O)NC4CCCCCC4)cc3)nc3cccnc32)cc1. The molecule has 2 heterocycles. The van der Waals surface area contributed by atoms with Crippen LogP contribution in [0, 0.1) is 0 Å². The highest BCUT2D eigenvalue weighted by atomic mass is 32.2. The van der Waals surface area contributed by atoms with Crippen molar-refractivity contribution in [2.24, 2.45) is 0 Å². The number of carbonyl (C=O) groups is 1. The summed E-state index contributed by atoms with van der Waals surface area (Å²) in [5.41, 5.74) is 4.80. The molecule has 0 spiro atoms. The number of benzene rings is 2. The molecular formula is C29H32N4O2S. The van der Waals surface area contributed by atoms with Crippen molar-refractivity contribution in [3.8, 4) is 5.75 Å². The van der Waals surface area contributed by atoms with Gasteiger partial charge in [0.05, 0.1) is 13.7 Å². The van der Waals surface area contributed by atoms with Crippen LogP contribution in [0.2, 0.25) is 0 Å². The van der Waals surface area contributed by atoms with Crippen LogP contribution < -0.4 is 10.1 Å².